The maximum absolute atomic E-state index is 12.5. The van der Waals surface area contributed by atoms with Gasteiger partial charge in [0.1, 0.15) is 0 Å². The molecular formula is C16H12O5. The maximum Gasteiger partial charge on any atom is 0.336 e. The lowest BCUT2D eigenvalue weighted by Gasteiger charge is -2.11. The molecule has 2 rings (SSSR count). The zero-order valence-corrected chi connectivity index (χ0v) is 11.2. The number of carbonyl (C=O) groups is 3. The second-order valence-corrected chi connectivity index (χ2v) is 4.49. The lowest BCUT2D eigenvalue weighted by atomic mass is 9.90. The number of hydrogen-bond donors (Lipinski definition) is 2. The van der Waals surface area contributed by atoms with E-state index in [1.165, 1.54) is 31.2 Å². The van der Waals surface area contributed by atoms with Crippen LogP contribution >= 0.6 is 0 Å². The van der Waals surface area contributed by atoms with Gasteiger partial charge in [-0.25, -0.2) is 9.59 Å². The minimum atomic E-state index is -1.34. The molecule has 5 heteroatoms. The Kier molecular flexibility index (Phi) is 3.84. The summed E-state index contributed by atoms with van der Waals surface area (Å²) in [6.07, 6.45) is 0. The molecule has 0 amide bonds. The normalized spacial score (nSPS) is 10.1. The third-order valence-electron chi connectivity index (χ3n) is 3.12. The molecule has 0 aliphatic rings. The zero-order valence-electron chi connectivity index (χ0n) is 11.2. The lowest BCUT2D eigenvalue weighted by molar-refractivity contribution is 0.0689. The van der Waals surface area contributed by atoms with E-state index in [1.54, 1.807) is 18.2 Å². The highest BCUT2D eigenvalue weighted by Gasteiger charge is 2.26. The lowest BCUT2D eigenvalue weighted by Crippen LogP contribution is -2.17. The van der Waals surface area contributed by atoms with Crippen LogP contribution in [-0.4, -0.2) is 27.9 Å². The van der Waals surface area contributed by atoms with Crippen LogP contribution in [-0.2, 0) is 0 Å². The molecule has 2 aromatic rings. The maximum atomic E-state index is 12.5. The van der Waals surface area contributed by atoms with Crippen molar-refractivity contribution in [1.82, 2.24) is 0 Å². The number of aryl methyl sites for hydroxylation is 1. The number of ketones is 1. The summed E-state index contributed by atoms with van der Waals surface area (Å²) in [6.45, 7) is 1.52. The fourth-order valence-electron chi connectivity index (χ4n) is 2.13. The van der Waals surface area contributed by atoms with Gasteiger partial charge < -0.3 is 10.2 Å². The van der Waals surface area contributed by atoms with Gasteiger partial charge >= 0.3 is 11.9 Å². The smallest absolute Gasteiger partial charge is 0.336 e. The topological polar surface area (TPSA) is 91.7 Å². The van der Waals surface area contributed by atoms with Crippen molar-refractivity contribution >= 4 is 17.7 Å². The quantitative estimate of drug-likeness (QED) is 0.842. The average molecular weight is 284 g/mol. The van der Waals surface area contributed by atoms with E-state index in [0.29, 0.717) is 5.56 Å². The van der Waals surface area contributed by atoms with E-state index in [9.17, 15) is 24.6 Å². The van der Waals surface area contributed by atoms with Gasteiger partial charge in [0, 0.05) is 5.56 Å². The van der Waals surface area contributed by atoms with Crippen LogP contribution in [0.25, 0.3) is 0 Å². The van der Waals surface area contributed by atoms with Crippen molar-refractivity contribution in [3.05, 3.63) is 70.3 Å². The molecule has 0 saturated carbocycles. The van der Waals surface area contributed by atoms with Crippen LogP contribution in [0.3, 0.4) is 0 Å². The first-order chi connectivity index (χ1) is 9.93. The summed E-state index contributed by atoms with van der Waals surface area (Å²) in [5.41, 5.74) is -0.295. The van der Waals surface area contributed by atoms with Crippen LogP contribution in [0.5, 0.6) is 0 Å². The second kappa shape index (κ2) is 5.58. The molecule has 2 aromatic carbocycles. The monoisotopic (exact) mass is 284 g/mol. The van der Waals surface area contributed by atoms with Crippen molar-refractivity contribution in [2.75, 3.05) is 0 Å². The molecular weight excluding hydrogens is 272 g/mol. The zero-order chi connectivity index (χ0) is 15.6. The number of carboxylic acid groups (broad SMARTS) is 2. The molecule has 21 heavy (non-hydrogen) atoms. The molecule has 0 atom stereocenters. The Morgan fingerprint density at radius 3 is 1.95 bits per heavy atom. The molecule has 0 bridgehead atoms. The average Bonchev–Trinajstić information content (AvgIpc) is 2.46. The molecule has 0 unspecified atom stereocenters. The molecule has 0 fully saturated rings. The summed E-state index contributed by atoms with van der Waals surface area (Å²) in [7, 11) is 0. The summed E-state index contributed by atoms with van der Waals surface area (Å²) in [5, 5.41) is 18.5. The van der Waals surface area contributed by atoms with Crippen molar-refractivity contribution in [2.24, 2.45) is 0 Å². The van der Waals surface area contributed by atoms with Crippen LogP contribution in [0.4, 0.5) is 0 Å². The summed E-state index contributed by atoms with van der Waals surface area (Å²) >= 11 is 0. The summed E-state index contributed by atoms with van der Waals surface area (Å²) < 4.78 is 0. The highest BCUT2D eigenvalue weighted by Crippen LogP contribution is 2.23. The van der Waals surface area contributed by atoms with E-state index in [0.717, 1.165) is 0 Å². The molecule has 5 nitrogen and oxygen atoms in total. The molecule has 0 spiro atoms. The predicted octanol–water partition coefficient (Wildman–Crippen LogP) is 2.62. The molecule has 0 aliphatic carbocycles. The van der Waals surface area contributed by atoms with E-state index in [1.807, 2.05) is 0 Å². The SMILES string of the molecule is Cc1ccc(C(=O)O)c(C(=O)c2ccccc2)c1C(=O)O. The van der Waals surface area contributed by atoms with Gasteiger partial charge in [-0.3, -0.25) is 4.79 Å². The van der Waals surface area contributed by atoms with Crippen LogP contribution < -0.4 is 0 Å². The number of aromatic carboxylic acids is 2. The van der Waals surface area contributed by atoms with E-state index < -0.39 is 17.7 Å². The summed E-state index contributed by atoms with van der Waals surface area (Å²) in [5.74, 6) is -3.28. The van der Waals surface area contributed by atoms with E-state index >= 15 is 0 Å². The number of benzene rings is 2. The number of rotatable bonds is 4. The minimum absolute atomic E-state index is 0.244. The first-order valence-electron chi connectivity index (χ1n) is 6.13. The second-order valence-electron chi connectivity index (χ2n) is 4.49. The first-order valence-corrected chi connectivity index (χ1v) is 6.13. The van der Waals surface area contributed by atoms with Gasteiger partial charge in [0.15, 0.2) is 5.78 Å². The molecule has 0 radical (unpaired) electrons. The summed E-state index contributed by atoms with van der Waals surface area (Å²) in [6, 6.07) is 10.6. The van der Waals surface area contributed by atoms with Crippen molar-refractivity contribution in [3.8, 4) is 0 Å². The van der Waals surface area contributed by atoms with Crippen molar-refractivity contribution in [1.29, 1.82) is 0 Å². The Morgan fingerprint density at radius 2 is 1.43 bits per heavy atom. The number of carboxylic acids is 2. The van der Waals surface area contributed by atoms with Gasteiger partial charge in [-0.2, -0.15) is 0 Å². The third-order valence-corrected chi connectivity index (χ3v) is 3.12. The van der Waals surface area contributed by atoms with Crippen LogP contribution in [0.15, 0.2) is 42.5 Å². The highest BCUT2D eigenvalue weighted by molar-refractivity contribution is 6.19. The van der Waals surface area contributed by atoms with Gasteiger partial charge in [-0.1, -0.05) is 36.4 Å². The van der Waals surface area contributed by atoms with Crippen molar-refractivity contribution in [2.45, 2.75) is 6.92 Å². The van der Waals surface area contributed by atoms with Crippen LogP contribution in [0, 0.1) is 6.92 Å². The van der Waals surface area contributed by atoms with E-state index in [-0.39, 0.29) is 22.3 Å². The van der Waals surface area contributed by atoms with Crippen molar-refractivity contribution in [3.63, 3.8) is 0 Å². The molecule has 106 valence electrons. The fourth-order valence-corrected chi connectivity index (χ4v) is 2.13. The van der Waals surface area contributed by atoms with E-state index in [4.69, 9.17) is 0 Å². The van der Waals surface area contributed by atoms with Gasteiger partial charge in [-0.05, 0) is 18.6 Å². The molecule has 0 heterocycles. The van der Waals surface area contributed by atoms with Crippen molar-refractivity contribution < 1.29 is 24.6 Å². The first kappa shape index (κ1) is 14.5. The van der Waals surface area contributed by atoms with E-state index in [2.05, 4.69) is 0 Å². The summed E-state index contributed by atoms with van der Waals surface area (Å²) in [4.78, 5) is 35.2. The number of hydrogen-bond acceptors (Lipinski definition) is 3. The Hall–Kier alpha value is -2.95. The molecule has 0 aromatic heterocycles. The highest BCUT2D eigenvalue weighted by atomic mass is 16.4. The fraction of sp³-hybridized carbons (Fsp3) is 0.0625. The molecule has 2 N–H and O–H groups in total. The largest absolute Gasteiger partial charge is 0.478 e. The van der Waals surface area contributed by atoms with Gasteiger partial charge in [-0.15, -0.1) is 0 Å². The van der Waals surface area contributed by atoms with Crippen LogP contribution in [0.2, 0.25) is 0 Å². The van der Waals surface area contributed by atoms with Gasteiger partial charge in [0.25, 0.3) is 0 Å². The Morgan fingerprint density at radius 1 is 0.810 bits per heavy atom. The Balaban J connectivity index is 2.76. The Bertz CT molecular complexity index is 732. The third kappa shape index (κ3) is 2.67. The molecule has 0 saturated heterocycles. The minimum Gasteiger partial charge on any atom is -0.478 e. The molecule has 0 aliphatic heterocycles. The van der Waals surface area contributed by atoms with Gasteiger partial charge in [0.05, 0.1) is 16.7 Å². The predicted molar refractivity (Wildman–Crippen MR) is 75.0 cm³/mol. The van der Waals surface area contributed by atoms with Crippen LogP contribution in [0.1, 0.15) is 42.2 Å². The Labute approximate surface area is 120 Å². The van der Waals surface area contributed by atoms with Gasteiger partial charge in [0.2, 0.25) is 0 Å². The number of carbonyl (C=O) groups excluding carboxylic acids is 1. The standard InChI is InChI=1S/C16H12O5/c1-9-7-8-11(15(18)19)13(12(9)16(20)21)14(17)10-5-3-2-4-6-10/h2-8H,1H3,(H,18,19)(H,20,21).